The maximum absolute atomic E-state index is 12.5. The highest BCUT2D eigenvalue weighted by Crippen LogP contribution is 2.34. The molecule has 1 fully saturated rings. The Morgan fingerprint density at radius 1 is 1.39 bits per heavy atom. The van der Waals surface area contributed by atoms with Crippen molar-refractivity contribution >= 4 is 37.3 Å². The minimum absolute atomic E-state index is 0.429. The molecule has 0 aliphatic carbocycles. The summed E-state index contributed by atoms with van der Waals surface area (Å²) in [5.41, 5.74) is 0.983. The van der Waals surface area contributed by atoms with Crippen molar-refractivity contribution in [3.63, 3.8) is 0 Å². The predicted octanol–water partition coefficient (Wildman–Crippen LogP) is 3.49. The van der Waals surface area contributed by atoms with Gasteiger partial charge in [0.1, 0.15) is 4.21 Å². The molecule has 1 aromatic heterocycles. The Hall–Kier alpha value is 0.0900. The highest BCUT2D eigenvalue weighted by atomic mass is 79.9. The molecule has 2 heterocycles. The van der Waals surface area contributed by atoms with Crippen LogP contribution in [0, 0.1) is 18.8 Å². The minimum Gasteiger partial charge on any atom is -0.206 e. The topological polar surface area (TPSA) is 37.4 Å². The molecule has 0 bridgehead atoms. The third-order valence-corrected chi connectivity index (χ3v) is 8.18. The summed E-state index contributed by atoms with van der Waals surface area (Å²) in [6.07, 6.45) is 0.950. The molecule has 1 saturated heterocycles. The zero-order valence-electron chi connectivity index (χ0n) is 10.8. The molecule has 102 valence electrons. The molecule has 1 aliphatic rings. The van der Waals surface area contributed by atoms with Crippen LogP contribution in [-0.4, -0.2) is 25.8 Å². The van der Waals surface area contributed by atoms with Crippen LogP contribution in [-0.2, 0) is 10.0 Å². The second-order valence-corrected chi connectivity index (χ2v) is 9.66. The van der Waals surface area contributed by atoms with E-state index in [0.717, 1.165) is 15.8 Å². The molecule has 18 heavy (non-hydrogen) atoms. The summed E-state index contributed by atoms with van der Waals surface area (Å²) in [5.74, 6) is 1.03. The summed E-state index contributed by atoms with van der Waals surface area (Å²) in [5, 5.41) is 0. The predicted molar refractivity (Wildman–Crippen MR) is 78.5 cm³/mol. The number of nitrogens with zero attached hydrogens (tertiary/aromatic N) is 1. The van der Waals surface area contributed by atoms with Crippen molar-refractivity contribution in [2.45, 2.75) is 31.4 Å². The van der Waals surface area contributed by atoms with Crippen LogP contribution < -0.4 is 0 Å². The number of halogens is 1. The average Bonchev–Trinajstić information content (AvgIpc) is 2.64. The molecule has 1 aromatic rings. The van der Waals surface area contributed by atoms with E-state index < -0.39 is 10.0 Å². The summed E-state index contributed by atoms with van der Waals surface area (Å²) in [4.78, 5) is 0. The van der Waals surface area contributed by atoms with Crippen LogP contribution in [0.15, 0.2) is 14.1 Å². The van der Waals surface area contributed by atoms with Crippen LogP contribution in [0.4, 0.5) is 0 Å². The van der Waals surface area contributed by atoms with Gasteiger partial charge in [0.2, 0.25) is 0 Å². The van der Waals surface area contributed by atoms with Gasteiger partial charge in [0.05, 0.1) is 3.79 Å². The van der Waals surface area contributed by atoms with Crippen molar-refractivity contribution in [2.24, 2.45) is 11.8 Å². The van der Waals surface area contributed by atoms with E-state index in [0.29, 0.717) is 29.1 Å². The minimum atomic E-state index is -3.30. The average molecular weight is 352 g/mol. The van der Waals surface area contributed by atoms with E-state index in [4.69, 9.17) is 0 Å². The normalized spacial score (nSPS) is 26.4. The van der Waals surface area contributed by atoms with Gasteiger partial charge in [-0.25, -0.2) is 8.42 Å². The molecule has 2 rings (SSSR count). The van der Waals surface area contributed by atoms with Crippen molar-refractivity contribution in [1.82, 2.24) is 4.31 Å². The second kappa shape index (κ2) is 5.23. The number of piperidine rings is 1. The summed E-state index contributed by atoms with van der Waals surface area (Å²) >= 11 is 4.69. The fourth-order valence-electron chi connectivity index (χ4n) is 2.13. The first-order chi connectivity index (χ1) is 8.32. The molecule has 2 atom stereocenters. The van der Waals surface area contributed by atoms with Crippen molar-refractivity contribution < 1.29 is 8.42 Å². The summed E-state index contributed by atoms with van der Waals surface area (Å²) in [6, 6.07) is 1.76. The van der Waals surface area contributed by atoms with E-state index in [2.05, 4.69) is 29.8 Å². The summed E-state index contributed by atoms with van der Waals surface area (Å²) < 4.78 is 28.0. The van der Waals surface area contributed by atoms with Gasteiger partial charge < -0.3 is 0 Å². The first-order valence-corrected chi connectivity index (χ1v) is 9.13. The maximum atomic E-state index is 12.5. The van der Waals surface area contributed by atoms with Crippen LogP contribution in [0.5, 0.6) is 0 Å². The van der Waals surface area contributed by atoms with E-state index in [1.165, 1.54) is 11.3 Å². The Morgan fingerprint density at radius 3 is 2.56 bits per heavy atom. The van der Waals surface area contributed by atoms with Crippen LogP contribution in [0.1, 0.15) is 25.8 Å². The number of sulfonamides is 1. The van der Waals surface area contributed by atoms with Crippen molar-refractivity contribution in [1.29, 1.82) is 0 Å². The number of hydrogen-bond acceptors (Lipinski definition) is 3. The third kappa shape index (κ3) is 2.66. The lowest BCUT2D eigenvalue weighted by atomic mass is 9.90. The van der Waals surface area contributed by atoms with E-state index >= 15 is 0 Å². The molecule has 2 unspecified atom stereocenters. The van der Waals surface area contributed by atoms with Gasteiger partial charge in [-0.2, -0.15) is 4.31 Å². The number of hydrogen-bond donors (Lipinski definition) is 0. The van der Waals surface area contributed by atoms with Crippen molar-refractivity contribution in [3.8, 4) is 0 Å². The van der Waals surface area contributed by atoms with E-state index in [1.54, 1.807) is 10.4 Å². The number of thiophene rings is 1. The van der Waals surface area contributed by atoms with Crippen LogP contribution in [0.3, 0.4) is 0 Å². The summed E-state index contributed by atoms with van der Waals surface area (Å²) in [7, 11) is -3.30. The Kier molecular flexibility index (Phi) is 4.21. The SMILES string of the molecule is Cc1cc(S(=O)(=O)N2CCC(C)C(C)C2)sc1Br. The molecule has 0 N–H and O–H groups in total. The van der Waals surface area contributed by atoms with Crippen LogP contribution in [0.2, 0.25) is 0 Å². The quantitative estimate of drug-likeness (QED) is 0.817. The number of aryl methyl sites for hydroxylation is 1. The molecular formula is C12H18BrNO2S2. The molecular weight excluding hydrogens is 334 g/mol. The zero-order chi connectivity index (χ0) is 13.5. The Bertz CT molecular complexity index is 519. The molecule has 3 nitrogen and oxygen atoms in total. The first-order valence-electron chi connectivity index (χ1n) is 6.08. The van der Waals surface area contributed by atoms with Gasteiger partial charge in [0.15, 0.2) is 0 Å². The fraction of sp³-hybridized carbons (Fsp3) is 0.667. The lowest BCUT2D eigenvalue weighted by Gasteiger charge is -2.34. The van der Waals surface area contributed by atoms with Crippen LogP contribution in [0.25, 0.3) is 0 Å². The van der Waals surface area contributed by atoms with Gasteiger partial charge in [-0.15, -0.1) is 11.3 Å². The first kappa shape index (κ1) is 14.5. The van der Waals surface area contributed by atoms with Gasteiger partial charge in [-0.3, -0.25) is 0 Å². The second-order valence-electron chi connectivity index (χ2n) is 5.13. The largest absolute Gasteiger partial charge is 0.252 e. The standard InChI is InChI=1S/C12H18BrNO2S2/c1-8-4-5-14(7-10(8)3)18(15,16)11-6-9(2)12(13)17-11/h6,8,10H,4-5,7H2,1-3H3. The van der Waals surface area contributed by atoms with E-state index in [-0.39, 0.29) is 0 Å². The maximum Gasteiger partial charge on any atom is 0.252 e. The Morgan fingerprint density at radius 2 is 2.06 bits per heavy atom. The van der Waals surface area contributed by atoms with E-state index in [9.17, 15) is 8.42 Å². The van der Waals surface area contributed by atoms with Gasteiger partial charge in [0.25, 0.3) is 10.0 Å². The van der Waals surface area contributed by atoms with Crippen LogP contribution >= 0.6 is 27.3 Å². The molecule has 0 amide bonds. The number of rotatable bonds is 2. The zero-order valence-corrected chi connectivity index (χ0v) is 14.0. The lowest BCUT2D eigenvalue weighted by molar-refractivity contribution is 0.213. The summed E-state index contributed by atoms with van der Waals surface area (Å²) in [6.45, 7) is 7.52. The Labute approximate surface area is 121 Å². The molecule has 0 spiro atoms. The highest BCUT2D eigenvalue weighted by Gasteiger charge is 2.32. The highest BCUT2D eigenvalue weighted by molar-refractivity contribution is 9.11. The van der Waals surface area contributed by atoms with Gasteiger partial charge in [0, 0.05) is 13.1 Å². The molecule has 0 aromatic carbocycles. The fourth-order valence-corrected chi connectivity index (χ4v) is 6.07. The van der Waals surface area contributed by atoms with Crippen molar-refractivity contribution in [2.75, 3.05) is 13.1 Å². The molecule has 0 radical (unpaired) electrons. The van der Waals surface area contributed by atoms with Crippen molar-refractivity contribution in [3.05, 3.63) is 15.4 Å². The lowest BCUT2D eigenvalue weighted by Crippen LogP contribution is -2.41. The van der Waals surface area contributed by atoms with E-state index in [1.807, 2.05) is 6.92 Å². The Balaban J connectivity index is 2.26. The molecule has 6 heteroatoms. The smallest absolute Gasteiger partial charge is 0.206 e. The molecule has 0 saturated carbocycles. The monoisotopic (exact) mass is 351 g/mol. The third-order valence-electron chi connectivity index (χ3n) is 3.73. The molecule has 1 aliphatic heterocycles. The van der Waals surface area contributed by atoms with Gasteiger partial charge in [-0.05, 0) is 52.7 Å². The van der Waals surface area contributed by atoms with Gasteiger partial charge >= 0.3 is 0 Å². The van der Waals surface area contributed by atoms with Gasteiger partial charge in [-0.1, -0.05) is 13.8 Å².